The lowest BCUT2D eigenvalue weighted by Gasteiger charge is -2.40. The van der Waals surface area contributed by atoms with Gasteiger partial charge in [-0.1, -0.05) is 12.5 Å². The Hall–Kier alpha value is -0.540. The van der Waals surface area contributed by atoms with Crippen molar-refractivity contribution in [3.8, 4) is 0 Å². The summed E-state index contributed by atoms with van der Waals surface area (Å²) in [5, 5.41) is 3.58. The Morgan fingerprint density at radius 3 is 2.94 bits per heavy atom. The minimum Gasteiger partial charge on any atom is -0.315 e. The first kappa shape index (κ1) is 11.9. The molecule has 0 radical (unpaired) electrons. The van der Waals surface area contributed by atoms with Gasteiger partial charge in [-0.05, 0) is 43.7 Å². The van der Waals surface area contributed by atoms with Crippen molar-refractivity contribution in [3.63, 3.8) is 0 Å². The van der Waals surface area contributed by atoms with Crippen LogP contribution in [-0.4, -0.2) is 29.1 Å². The zero-order chi connectivity index (χ0) is 11.3. The van der Waals surface area contributed by atoms with E-state index in [1.165, 1.54) is 24.8 Å². The molecule has 0 atom stereocenters. The topological polar surface area (TPSA) is 24.9 Å². The average molecular weight is 236 g/mol. The fourth-order valence-corrected chi connectivity index (χ4v) is 3.06. The highest BCUT2D eigenvalue weighted by Crippen LogP contribution is 2.42. The number of aromatic nitrogens is 1. The lowest BCUT2D eigenvalue weighted by Crippen LogP contribution is -2.43. The first-order chi connectivity index (χ1) is 7.85. The lowest BCUT2D eigenvalue weighted by atomic mass is 9.84. The number of nitrogens with zero attached hydrogens (tertiary/aromatic N) is 1. The highest BCUT2D eigenvalue weighted by molar-refractivity contribution is 8.00. The number of thioether (sulfide) groups is 1. The van der Waals surface area contributed by atoms with Crippen LogP contribution < -0.4 is 5.32 Å². The maximum Gasteiger partial charge on any atom is 0.0300 e. The molecule has 1 aromatic rings. The highest BCUT2D eigenvalue weighted by atomic mass is 32.2. The Labute approximate surface area is 102 Å². The normalized spacial score (nSPS) is 18.1. The van der Waals surface area contributed by atoms with Gasteiger partial charge in [0.1, 0.15) is 0 Å². The molecule has 2 rings (SSSR count). The van der Waals surface area contributed by atoms with Crippen LogP contribution in [0.15, 0.2) is 24.5 Å². The molecule has 0 amide bonds. The third kappa shape index (κ3) is 2.98. The van der Waals surface area contributed by atoms with Crippen LogP contribution in [0.3, 0.4) is 0 Å². The Bertz CT molecular complexity index is 303. The van der Waals surface area contributed by atoms with Crippen LogP contribution in [-0.2, 0) is 6.42 Å². The van der Waals surface area contributed by atoms with Crippen molar-refractivity contribution in [2.45, 2.75) is 30.4 Å². The van der Waals surface area contributed by atoms with E-state index >= 15 is 0 Å². The molecular weight excluding hydrogens is 216 g/mol. The van der Waals surface area contributed by atoms with E-state index in [2.05, 4.69) is 22.6 Å². The van der Waals surface area contributed by atoms with Gasteiger partial charge in [-0.2, -0.15) is 11.8 Å². The predicted octanol–water partition coefficient (Wildman–Crippen LogP) is 2.50. The van der Waals surface area contributed by atoms with Gasteiger partial charge in [0.15, 0.2) is 0 Å². The lowest BCUT2D eigenvalue weighted by molar-refractivity contribution is 0.347. The minimum absolute atomic E-state index is 0.551. The smallest absolute Gasteiger partial charge is 0.0300 e. The van der Waals surface area contributed by atoms with Crippen LogP contribution >= 0.6 is 11.8 Å². The molecule has 0 spiro atoms. The fraction of sp³-hybridized carbons (Fsp3) is 0.615. The van der Waals surface area contributed by atoms with Gasteiger partial charge in [0.2, 0.25) is 0 Å². The van der Waals surface area contributed by atoms with Crippen molar-refractivity contribution in [2.24, 2.45) is 0 Å². The molecule has 0 aromatic carbocycles. The summed E-state index contributed by atoms with van der Waals surface area (Å²) in [5.41, 5.74) is 1.32. The van der Waals surface area contributed by atoms with Crippen molar-refractivity contribution < 1.29 is 0 Å². The Balaban J connectivity index is 1.65. The molecule has 0 bridgehead atoms. The zero-order valence-corrected chi connectivity index (χ0v) is 10.7. The number of hydrogen-bond donors (Lipinski definition) is 1. The second-order valence-electron chi connectivity index (χ2n) is 4.53. The van der Waals surface area contributed by atoms with Crippen LogP contribution in [0.2, 0.25) is 0 Å². The standard InChI is InChI=1S/C13H20N2S/c1-16-13(6-3-7-13)11-15-9-5-12-4-2-8-14-10-12/h2,4,8,10,15H,3,5-7,9,11H2,1H3. The van der Waals surface area contributed by atoms with Gasteiger partial charge in [-0.15, -0.1) is 0 Å². The second-order valence-corrected chi connectivity index (χ2v) is 5.80. The summed E-state index contributed by atoms with van der Waals surface area (Å²) in [5.74, 6) is 0. The average Bonchev–Trinajstić information content (AvgIpc) is 2.29. The predicted molar refractivity (Wildman–Crippen MR) is 70.9 cm³/mol. The van der Waals surface area contributed by atoms with E-state index in [0.717, 1.165) is 19.5 Å². The van der Waals surface area contributed by atoms with Crippen LogP contribution in [0.4, 0.5) is 0 Å². The quantitative estimate of drug-likeness (QED) is 0.768. The van der Waals surface area contributed by atoms with E-state index in [1.807, 2.05) is 30.2 Å². The summed E-state index contributed by atoms with van der Waals surface area (Å²) < 4.78 is 0.551. The van der Waals surface area contributed by atoms with Gasteiger partial charge in [-0.25, -0.2) is 0 Å². The minimum atomic E-state index is 0.551. The largest absolute Gasteiger partial charge is 0.315 e. The monoisotopic (exact) mass is 236 g/mol. The van der Waals surface area contributed by atoms with E-state index in [1.54, 1.807) is 0 Å². The molecule has 0 unspecified atom stereocenters. The number of pyridine rings is 1. The first-order valence-corrected chi connectivity index (χ1v) is 7.22. The molecule has 1 N–H and O–H groups in total. The highest BCUT2D eigenvalue weighted by Gasteiger charge is 2.35. The van der Waals surface area contributed by atoms with Crippen molar-refractivity contribution in [2.75, 3.05) is 19.3 Å². The van der Waals surface area contributed by atoms with Gasteiger partial charge in [0.05, 0.1) is 0 Å². The van der Waals surface area contributed by atoms with Crippen LogP contribution in [0.5, 0.6) is 0 Å². The molecule has 3 heteroatoms. The Morgan fingerprint density at radius 1 is 1.50 bits per heavy atom. The van der Waals surface area contributed by atoms with Gasteiger partial charge in [0, 0.05) is 23.7 Å². The molecular formula is C13H20N2S. The van der Waals surface area contributed by atoms with Crippen molar-refractivity contribution in [1.29, 1.82) is 0 Å². The molecule has 16 heavy (non-hydrogen) atoms. The molecule has 1 heterocycles. The van der Waals surface area contributed by atoms with E-state index < -0.39 is 0 Å². The van der Waals surface area contributed by atoms with E-state index in [4.69, 9.17) is 0 Å². The van der Waals surface area contributed by atoms with Crippen molar-refractivity contribution in [3.05, 3.63) is 30.1 Å². The summed E-state index contributed by atoms with van der Waals surface area (Å²) >= 11 is 2.03. The zero-order valence-electron chi connectivity index (χ0n) is 9.91. The van der Waals surface area contributed by atoms with Gasteiger partial charge >= 0.3 is 0 Å². The van der Waals surface area contributed by atoms with Gasteiger partial charge in [0.25, 0.3) is 0 Å². The summed E-state index contributed by atoms with van der Waals surface area (Å²) in [6.07, 6.45) is 11.3. The maximum absolute atomic E-state index is 4.12. The number of nitrogens with one attached hydrogen (secondary N) is 1. The summed E-state index contributed by atoms with van der Waals surface area (Å²) in [4.78, 5) is 4.12. The van der Waals surface area contributed by atoms with Gasteiger partial charge < -0.3 is 5.32 Å². The molecule has 1 saturated carbocycles. The molecule has 2 nitrogen and oxygen atoms in total. The molecule has 0 aliphatic heterocycles. The Kier molecular flexibility index (Phi) is 4.24. The number of hydrogen-bond acceptors (Lipinski definition) is 3. The first-order valence-electron chi connectivity index (χ1n) is 5.99. The Morgan fingerprint density at radius 2 is 2.38 bits per heavy atom. The van der Waals surface area contributed by atoms with E-state index in [-0.39, 0.29) is 0 Å². The van der Waals surface area contributed by atoms with Crippen LogP contribution in [0, 0.1) is 0 Å². The fourth-order valence-electron chi connectivity index (χ4n) is 2.12. The van der Waals surface area contributed by atoms with Crippen LogP contribution in [0.25, 0.3) is 0 Å². The molecule has 88 valence electrons. The number of rotatable bonds is 6. The summed E-state index contributed by atoms with van der Waals surface area (Å²) in [7, 11) is 0. The second kappa shape index (κ2) is 5.69. The molecule has 1 fully saturated rings. The van der Waals surface area contributed by atoms with Gasteiger partial charge in [-0.3, -0.25) is 4.98 Å². The summed E-state index contributed by atoms with van der Waals surface area (Å²) in [6.45, 7) is 2.22. The summed E-state index contributed by atoms with van der Waals surface area (Å²) in [6, 6.07) is 4.15. The van der Waals surface area contributed by atoms with Crippen molar-refractivity contribution in [1.82, 2.24) is 10.3 Å². The third-order valence-corrected chi connectivity index (χ3v) is 4.88. The van der Waals surface area contributed by atoms with E-state index in [9.17, 15) is 0 Å². The molecule has 0 saturated heterocycles. The SMILES string of the molecule is CSC1(CNCCc2cccnc2)CCC1. The van der Waals surface area contributed by atoms with Crippen molar-refractivity contribution >= 4 is 11.8 Å². The van der Waals surface area contributed by atoms with E-state index in [0.29, 0.717) is 4.75 Å². The molecule has 1 aliphatic rings. The maximum atomic E-state index is 4.12. The third-order valence-electron chi connectivity index (χ3n) is 3.46. The van der Waals surface area contributed by atoms with Crippen LogP contribution in [0.1, 0.15) is 24.8 Å². The molecule has 1 aliphatic carbocycles. The molecule has 1 aromatic heterocycles.